The van der Waals surface area contributed by atoms with Crippen LogP contribution in [0.2, 0.25) is 0 Å². The van der Waals surface area contributed by atoms with Crippen molar-refractivity contribution in [3.63, 3.8) is 0 Å². The smallest absolute Gasteiger partial charge is 0.410 e. The molecule has 2 heterocycles. The lowest BCUT2D eigenvalue weighted by Gasteiger charge is -2.26. The predicted octanol–water partition coefficient (Wildman–Crippen LogP) is 2.15. The zero-order valence-corrected chi connectivity index (χ0v) is 13.2. The topological polar surface area (TPSA) is 50.8 Å². The molecule has 2 fully saturated rings. The predicted molar refractivity (Wildman–Crippen MR) is 77.8 cm³/mol. The molecule has 2 saturated heterocycles. The number of rotatable bonds is 3. The molecule has 1 N–H and O–H groups in total. The van der Waals surface area contributed by atoms with Crippen molar-refractivity contribution >= 4 is 6.09 Å². The van der Waals surface area contributed by atoms with E-state index in [2.05, 4.69) is 12.2 Å². The van der Waals surface area contributed by atoms with Crippen molar-refractivity contribution in [2.45, 2.75) is 64.2 Å². The van der Waals surface area contributed by atoms with Crippen molar-refractivity contribution < 1.29 is 14.3 Å². The molecule has 116 valence electrons. The van der Waals surface area contributed by atoms with Gasteiger partial charge in [-0.15, -0.1) is 0 Å². The zero-order chi connectivity index (χ0) is 14.8. The minimum atomic E-state index is -0.423. The minimum absolute atomic E-state index is 0.0284. The third-order valence-electron chi connectivity index (χ3n) is 3.91. The molecule has 2 aliphatic heterocycles. The Morgan fingerprint density at radius 2 is 2.25 bits per heavy atom. The number of nitrogens with zero attached hydrogens (tertiary/aromatic N) is 1. The molecule has 20 heavy (non-hydrogen) atoms. The second-order valence-corrected chi connectivity index (χ2v) is 7.19. The van der Waals surface area contributed by atoms with Crippen molar-refractivity contribution in [2.75, 3.05) is 26.2 Å². The molecule has 2 aliphatic rings. The monoisotopic (exact) mass is 284 g/mol. The molecule has 2 unspecified atom stereocenters. The number of nitrogens with one attached hydrogen (secondary N) is 1. The molecule has 0 aromatic heterocycles. The molecule has 1 amide bonds. The quantitative estimate of drug-likeness (QED) is 0.863. The van der Waals surface area contributed by atoms with E-state index in [1.165, 1.54) is 0 Å². The maximum atomic E-state index is 12.0. The first kappa shape index (κ1) is 15.6. The van der Waals surface area contributed by atoms with Crippen LogP contribution in [0, 0.1) is 0 Å². The molecule has 0 aliphatic carbocycles. The zero-order valence-electron chi connectivity index (χ0n) is 13.2. The molecule has 5 heteroatoms. The third kappa shape index (κ3) is 4.35. The Labute approximate surface area is 122 Å². The highest BCUT2D eigenvalue weighted by Gasteiger charge is 2.33. The minimum Gasteiger partial charge on any atom is -0.444 e. The second kappa shape index (κ2) is 5.90. The summed E-state index contributed by atoms with van der Waals surface area (Å²) in [5.41, 5.74) is -0.451. The summed E-state index contributed by atoms with van der Waals surface area (Å²) in [7, 11) is 0. The van der Waals surface area contributed by atoms with E-state index < -0.39 is 5.60 Å². The van der Waals surface area contributed by atoms with Crippen LogP contribution in [-0.4, -0.2) is 54.5 Å². The van der Waals surface area contributed by atoms with E-state index in [9.17, 15) is 4.79 Å². The van der Waals surface area contributed by atoms with Crippen molar-refractivity contribution in [1.29, 1.82) is 0 Å². The van der Waals surface area contributed by atoms with Crippen molar-refractivity contribution in [1.82, 2.24) is 10.2 Å². The van der Waals surface area contributed by atoms with Gasteiger partial charge >= 0.3 is 6.09 Å². The Bertz CT molecular complexity index is 346. The first-order chi connectivity index (χ1) is 9.27. The molecule has 0 aromatic rings. The van der Waals surface area contributed by atoms with Crippen molar-refractivity contribution in [3.05, 3.63) is 0 Å². The van der Waals surface area contributed by atoms with Gasteiger partial charge in [0.1, 0.15) is 5.60 Å². The maximum Gasteiger partial charge on any atom is 0.410 e. The van der Waals surface area contributed by atoms with Gasteiger partial charge in [-0.3, -0.25) is 0 Å². The lowest BCUT2D eigenvalue weighted by Crippen LogP contribution is -2.44. The first-order valence-electron chi connectivity index (χ1n) is 7.63. The van der Waals surface area contributed by atoms with Gasteiger partial charge in [-0.25, -0.2) is 4.79 Å². The Hall–Kier alpha value is -0.810. The van der Waals surface area contributed by atoms with E-state index in [1.54, 1.807) is 4.90 Å². The van der Waals surface area contributed by atoms with E-state index >= 15 is 0 Å². The van der Waals surface area contributed by atoms with Gasteiger partial charge in [-0.05, 0) is 47.0 Å². The number of ether oxygens (including phenoxy) is 2. The number of hydrogen-bond acceptors (Lipinski definition) is 4. The van der Waals surface area contributed by atoms with E-state index in [0.29, 0.717) is 6.04 Å². The average molecular weight is 284 g/mol. The molecule has 0 aromatic carbocycles. The Morgan fingerprint density at radius 1 is 1.50 bits per heavy atom. The number of carbonyl (C=O) groups excluding carboxylic acids is 1. The third-order valence-corrected chi connectivity index (χ3v) is 3.91. The first-order valence-corrected chi connectivity index (χ1v) is 7.63. The van der Waals surface area contributed by atoms with E-state index in [0.717, 1.165) is 45.5 Å². The summed E-state index contributed by atoms with van der Waals surface area (Å²) in [5.74, 6) is 0. The molecule has 0 radical (unpaired) electrons. The molecule has 0 bridgehead atoms. The van der Waals surface area contributed by atoms with Crippen molar-refractivity contribution in [3.8, 4) is 0 Å². The number of carbonyl (C=O) groups is 1. The van der Waals surface area contributed by atoms with Crippen LogP contribution >= 0.6 is 0 Å². The molecule has 5 nitrogen and oxygen atoms in total. The number of likely N-dealkylation sites (tertiary alicyclic amines) is 1. The molecule has 0 spiro atoms. The van der Waals surface area contributed by atoms with Crippen LogP contribution in [0.25, 0.3) is 0 Å². The molecular weight excluding hydrogens is 256 g/mol. The van der Waals surface area contributed by atoms with Crippen molar-refractivity contribution in [2.24, 2.45) is 0 Å². The summed E-state index contributed by atoms with van der Waals surface area (Å²) in [4.78, 5) is 13.8. The van der Waals surface area contributed by atoms with Gasteiger partial charge in [0.15, 0.2) is 0 Å². The fourth-order valence-corrected chi connectivity index (χ4v) is 2.76. The van der Waals surface area contributed by atoms with Gasteiger partial charge in [-0.2, -0.15) is 0 Å². The van der Waals surface area contributed by atoms with Crippen LogP contribution in [-0.2, 0) is 9.47 Å². The van der Waals surface area contributed by atoms with Crippen LogP contribution in [0.1, 0.15) is 47.0 Å². The largest absolute Gasteiger partial charge is 0.444 e. The van der Waals surface area contributed by atoms with Crippen LogP contribution in [0.15, 0.2) is 0 Å². The van der Waals surface area contributed by atoms with Gasteiger partial charge in [0.25, 0.3) is 0 Å². The lowest BCUT2D eigenvalue weighted by atomic mass is 10.0. The Kier molecular flexibility index (Phi) is 4.59. The summed E-state index contributed by atoms with van der Waals surface area (Å²) in [5, 5.41) is 3.54. The van der Waals surface area contributed by atoms with Gasteiger partial charge in [0, 0.05) is 32.3 Å². The van der Waals surface area contributed by atoms with Gasteiger partial charge in [-0.1, -0.05) is 0 Å². The summed E-state index contributed by atoms with van der Waals surface area (Å²) in [6.07, 6.45) is 3.04. The second-order valence-electron chi connectivity index (χ2n) is 7.19. The van der Waals surface area contributed by atoms with Crippen LogP contribution in [0.5, 0.6) is 0 Å². The Balaban J connectivity index is 1.73. The van der Waals surface area contributed by atoms with Gasteiger partial charge in [0.05, 0.1) is 5.60 Å². The summed E-state index contributed by atoms with van der Waals surface area (Å²) in [6, 6.07) is 0.351. The Morgan fingerprint density at radius 3 is 2.85 bits per heavy atom. The highest BCUT2D eigenvalue weighted by atomic mass is 16.6. The fraction of sp³-hybridized carbons (Fsp3) is 0.933. The highest BCUT2D eigenvalue weighted by Crippen LogP contribution is 2.24. The molecule has 2 rings (SSSR count). The van der Waals surface area contributed by atoms with Gasteiger partial charge < -0.3 is 19.7 Å². The summed E-state index contributed by atoms with van der Waals surface area (Å²) >= 11 is 0. The lowest BCUT2D eigenvalue weighted by molar-refractivity contribution is 0.0182. The van der Waals surface area contributed by atoms with E-state index in [-0.39, 0.29) is 11.7 Å². The van der Waals surface area contributed by atoms with Crippen LogP contribution in [0.3, 0.4) is 0 Å². The molecule has 0 saturated carbocycles. The maximum absolute atomic E-state index is 12.0. The van der Waals surface area contributed by atoms with Gasteiger partial charge in [0.2, 0.25) is 0 Å². The molecule has 2 atom stereocenters. The fourth-order valence-electron chi connectivity index (χ4n) is 2.76. The SMILES string of the molecule is CC(C)(C)OC(=O)N1CCC(NCC2(C)CCCO2)C1. The average Bonchev–Trinajstić information content (AvgIpc) is 2.93. The highest BCUT2D eigenvalue weighted by molar-refractivity contribution is 5.68. The molecular formula is C15H28N2O3. The standard InChI is InChI=1S/C15H28N2O3/c1-14(2,3)20-13(18)17-8-6-12(10-17)16-11-15(4)7-5-9-19-15/h12,16H,5-11H2,1-4H3. The van der Waals surface area contributed by atoms with Crippen LogP contribution < -0.4 is 5.32 Å². The van der Waals surface area contributed by atoms with E-state index in [1.807, 2.05) is 20.8 Å². The number of hydrogen-bond donors (Lipinski definition) is 1. The van der Waals surface area contributed by atoms with Crippen LogP contribution in [0.4, 0.5) is 4.79 Å². The summed E-state index contributed by atoms with van der Waals surface area (Å²) in [6.45, 7) is 11.1. The normalized spacial score (nSPS) is 30.8. The summed E-state index contributed by atoms with van der Waals surface area (Å²) < 4.78 is 11.2. The number of amides is 1. The van der Waals surface area contributed by atoms with E-state index in [4.69, 9.17) is 9.47 Å².